The molecule has 0 amide bonds. The summed E-state index contributed by atoms with van der Waals surface area (Å²) in [6.07, 6.45) is 1.44. The largest absolute Gasteiger partial charge is 0.401 e. The Morgan fingerprint density at radius 3 is 2.77 bits per heavy atom. The molecular formula is C9H9NO2S. The van der Waals surface area contributed by atoms with Gasteiger partial charge in [0.1, 0.15) is 5.75 Å². The minimum atomic E-state index is -1.34. The van der Waals surface area contributed by atoms with Crippen molar-refractivity contribution in [3.8, 4) is 11.8 Å². The highest BCUT2D eigenvalue weighted by atomic mass is 32.2. The van der Waals surface area contributed by atoms with Crippen LogP contribution in [0.2, 0.25) is 0 Å². The van der Waals surface area contributed by atoms with E-state index in [1.807, 2.05) is 13.0 Å². The van der Waals surface area contributed by atoms with Gasteiger partial charge in [-0.2, -0.15) is 5.26 Å². The van der Waals surface area contributed by atoms with Crippen molar-refractivity contribution in [2.24, 2.45) is 0 Å². The van der Waals surface area contributed by atoms with Gasteiger partial charge in [0.15, 0.2) is 0 Å². The number of nitrogens with zero attached hydrogens (tertiary/aromatic N) is 1. The third-order valence-electron chi connectivity index (χ3n) is 1.54. The molecule has 3 nitrogen and oxygen atoms in total. The molecule has 0 saturated carbocycles. The van der Waals surface area contributed by atoms with E-state index in [4.69, 9.17) is 9.44 Å². The van der Waals surface area contributed by atoms with E-state index in [2.05, 4.69) is 0 Å². The summed E-state index contributed by atoms with van der Waals surface area (Å²) in [5.74, 6) is 0.461. The molecule has 0 saturated heterocycles. The molecule has 4 heteroatoms. The Labute approximate surface area is 79.6 Å². The van der Waals surface area contributed by atoms with Crippen LogP contribution in [0.4, 0.5) is 0 Å². The molecule has 0 bridgehead atoms. The normalized spacial score (nSPS) is 11.8. The summed E-state index contributed by atoms with van der Waals surface area (Å²) in [7, 11) is 0. The summed E-state index contributed by atoms with van der Waals surface area (Å²) in [6.45, 7) is 1.84. The Bertz CT molecular complexity index is 382. The minimum absolute atomic E-state index is 0.461. The third kappa shape index (κ3) is 2.56. The molecular weight excluding hydrogens is 186 g/mol. The number of hydrogen-bond donors (Lipinski definition) is 0. The predicted molar refractivity (Wildman–Crippen MR) is 50.6 cm³/mol. The Balaban J connectivity index is 3.01. The van der Waals surface area contributed by atoms with E-state index in [9.17, 15) is 4.21 Å². The van der Waals surface area contributed by atoms with Crippen LogP contribution in [0, 0.1) is 18.3 Å². The second-order valence-electron chi connectivity index (χ2n) is 2.57. The molecule has 0 fully saturated rings. The van der Waals surface area contributed by atoms with Crippen LogP contribution in [0.25, 0.3) is 0 Å². The smallest absolute Gasteiger partial charge is 0.203 e. The lowest BCUT2D eigenvalue weighted by atomic mass is 10.1. The van der Waals surface area contributed by atoms with Gasteiger partial charge in [-0.15, -0.1) is 0 Å². The van der Waals surface area contributed by atoms with E-state index in [1.165, 1.54) is 6.26 Å². The standard InChI is InChI=1S/C9H9NO2S/c1-7-3-4-9(12-13(2)11)5-8(7)6-10/h3-5H,1-2H3. The van der Waals surface area contributed by atoms with Crippen LogP contribution in [0.15, 0.2) is 18.2 Å². The van der Waals surface area contributed by atoms with Gasteiger partial charge in [0.05, 0.1) is 11.6 Å². The molecule has 1 atom stereocenters. The zero-order valence-electron chi connectivity index (χ0n) is 7.40. The van der Waals surface area contributed by atoms with Gasteiger partial charge < -0.3 is 4.18 Å². The first kappa shape index (κ1) is 9.75. The third-order valence-corrected chi connectivity index (χ3v) is 1.97. The summed E-state index contributed by atoms with van der Waals surface area (Å²) in [4.78, 5) is 0. The molecule has 0 spiro atoms. The first-order valence-electron chi connectivity index (χ1n) is 3.66. The van der Waals surface area contributed by atoms with Crippen molar-refractivity contribution in [1.82, 2.24) is 0 Å². The maximum atomic E-state index is 10.7. The number of hydrogen-bond acceptors (Lipinski definition) is 3. The summed E-state index contributed by atoms with van der Waals surface area (Å²) in [6, 6.07) is 7.07. The molecule has 0 aliphatic carbocycles. The zero-order chi connectivity index (χ0) is 9.84. The van der Waals surface area contributed by atoms with E-state index in [1.54, 1.807) is 18.2 Å². The molecule has 0 aliphatic heterocycles. The maximum Gasteiger partial charge on any atom is 0.203 e. The minimum Gasteiger partial charge on any atom is -0.401 e. The van der Waals surface area contributed by atoms with Crippen LogP contribution < -0.4 is 4.18 Å². The summed E-state index contributed by atoms with van der Waals surface area (Å²) < 4.78 is 15.6. The number of benzene rings is 1. The SMILES string of the molecule is Cc1ccc(OS(C)=O)cc1C#N. The van der Waals surface area contributed by atoms with Gasteiger partial charge in [0.25, 0.3) is 0 Å². The van der Waals surface area contributed by atoms with Gasteiger partial charge in [0.2, 0.25) is 11.1 Å². The van der Waals surface area contributed by atoms with Crippen molar-refractivity contribution < 1.29 is 8.39 Å². The lowest BCUT2D eigenvalue weighted by Gasteiger charge is -2.02. The molecule has 1 aromatic carbocycles. The van der Waals surface area contributed by atoms with Crippen molar-refractivity contribution >= 4 is 11.1 Å². The van der Waals surface area contributed by atoms with Crippen molar-refractivity contribution in [3.63, 3.8) is 0 Å². The molecule has 0 N–H and O–H groups in total. The summed E-state index contributed by atoms with van der Waals surface area (Å²) in [5, 5.41) is 8.70. The van der Waals surface area contributed by atoms with Gasteiger partial charge in [-0.05, 0) is 24.6 Å². The first-order chi connectivity index (χ1) is 6.13. The zero-order valence-corrected chi connectivity index (χ0v) is 8.22. The van der Waals surface area contributed by atoms with Crippen molar-refractivity contribution in [3.05, 3.63) is 29.3 Å². The van der Waals surface area contributed by atoms with Crippen LogP contribution >= 0.6 is 0 Å². The fraction of sp³-hybridized carbons (Fsp3) is 0.222. The van der Waals surface area contributed by atoms with Gasteiger partial charge in [-0.1, -0.05) is 6.07 Å². The highest BCUT2D eigenvalue weighted by Crippen LogP contribution is 2.16. The topological polar surface area (TPSA) is 50.1 Å². The number of rotatable bonds is 2. The van der Waals surface area contributed by atoms with E-state index in [0.717, 1.165) is 5.56 Å². The Kier molecular flexibility index (Phi) is 3.04. The van der Waals surface area contributed by atoms with Crippen LogP contribution in [0.5, 0.6) is 5.75 Å². The van der Waals surface area contributed by atoms with E-state index >= 15 is 0 Å². The monoisotopic (exact) mass is 195 g/mol. The second kappa shape index (κ2) is 4.06. The van der Waals surface area contributed by atoms with Crippen molar-refractivity contribution in [2.45, 2.75) is 6.92 Å². The molecule has 1 aromatic rings. The molecule has 0 aromatic heterocycles. The van der Waals surface area contributed by atoms with Gasteiger partial charge in [-0.3, -0.25) is 0 Å². The first-order valence-corrected chi connectivity index (χ1v) is 5.14. The van der Waals surface area contributed by atoms with Crippen molar-refractivity contribution in [2.75, 3.05) is 6.26 Å². The summed E-state index contributed by atoms with van der Waals surface area (Å²) in [5.41, 5.74) is 1.43. The lowest BCUT2D eigenvalue weighted by Crippen LogP contribution is -1.97. The summed E-state index contributed by atoms with van der Waals surface area (Å²) >= 11 is -1.34. The predicted octanol–water partition coefficient (Wildman–Crippen LogP) is 1.54. The quantitative estimate of drug-likeness (QED) is 0.719. The Morgan fingerprint density at radius 1 is 1.54 bits per heavy atom. The molecule has 0 radical (unpaired) electrons. The number of aryl methyl sites for hydroxylation is 1. The highest BCUT2D eigenvalue weighted by molar-refractivity contribution is 7.79. The highest BCUT2D eigenvalue weighted by Gasteiger charge is 2.01. The number of nitriles is 1. The van der Waals surface area contributed by atoms with E-state index in [-0.39, 0.29) is 0 Å². The van der Waals surface area contributed by atoms with Crippen LogP contribution in [0.3, 0.4) is 0 Å². The average Bonchev–Trinajstić information content (AvgIpc) is 2.07. The van der Waals surface area contributed by atoms with Crippen LogP contribution in [-0.4, -0.2) is 10.5 Å². The molecule has 1 rings (SSSR count). The van der Waals surface area contributed by atoms with E-state index in [0.29, 0.717) is 11.3 Å². The molecule has 1 unspecified atom stereocenters. The molecule has 68 valence electrons. The van der Waals surface area contributed by atoms with Crippen LogP contribution in [-0.2, 0) is 11.1 Å². The maximum absolute atomic E-state index is 10.7. The molecule has 0 heterocycles. The van der Waals surface area contributed by atoms with Crippen molar-refractivity contribution in [1.29, 1.82) is 5.26 Å². The molecule has 0 aliphatic rings. The molecule has 13 heavy (non-hydrogen) atoms. The Hall–Kier alpha value is -1.34. The van der Waals surface area contributed by atoms with E-state index < -0.39 is 11.1 Å². The fourth-order valence-electron chi connectivity index (χ4n) is 0.909. The average molecular weight is 195 g/mol. The van der Waals surface area contributed by atoms with Gasteiger partial charge in [0, 0.05) is 6.26 Å². The van der Waals surface area contributed by atoms with Gasteiger partial charge >= 0.3 is 0 Å². The Morgan fingerprint density at radius 2 is 2.23 bits per heavy atom. The van der Waals surface area contributed by atoms with Crippen LogP contribution in [0.1, 0.15) is 11.1 Å². The second-order valence-corrected chi connectivity index (χ2v) is 3.54. The fourth-order valence-corrected chi connectivity index (χ4v) is 1.28. The lowest BCUT2D eigenvalue weighted by molar-refractivity contribution is 0.567. The van der Waals surface area contributed by atoms with Gasteiger partial charge in [-0.25, -0.2) is 4.21 Å².